The van der Waals surface area contributed by atoms with Gasteiger partial charge in [0, 0.05) is 0 Å². The van der Waals surface area contributed by atoms with E-state index in [9.17, 15) is 9.90 Å². The minimum Gasteiger partial charge on any atom is -0.508 e. The van der Waals surface area contributed by atoms with Crippen LogP contribution in [0.4, 0.5) is 0 Å². The van der Waals surface area contributed by atoms with Crippen molar-refractivity contribution in [1.29, 1.82) is 0 Å². The Morgan fingerprint density at radius 3 is 2.95 bits per heavy atom. The second kappa shape index (κ2) is 5.72. The summed E-state index contributed by atoms with van der Waals surface area (Å²) in [6.07, 6.45) is 1.97. The third-order valence-corrected chi connectivity index (χ3v) is 3.19. The predicted molar refractivity (Wildman–Crippen MR) is 71.0 cm³/mol. The van der Waals surface area contributed by atoms with E-state index in [1.54, 1.807) is 12.1 Å². The topological polar surface area (TPSA) is 55.8 Å². The van der Waals surface area contributed by atoms with E-state index < -0.39 is 5.79 Å². The van der Waals surface area contributed by atoms with Gasteiger partial charge in [-0.3, -0.25) is 4.79 Å². The Balaban J connectivity index is 1.83. The Labute approximate surface area is 113 Å². The Kier molecular flexibility index (Phi) is 4.22. The normalized spacial score (nSPS) is 22.4. The fourth-order valence-electron chi connectivity index (χ4n) is 2.20. The number of rotatable bonds is 4. The first-order valence-corrected chi connectivity index (χ1v) is 6.59. The highest BCUT2D eigenvalue weighted by Crippen LogP contribution is 2.23. The quantitative estimate of drug-likeness (QED) is 0.907. The fourth-order valence-corrected chi connectivity index (χ4v) is 2.20. The molecule has 1 heterocycles. The van der Waals surface area contributed by atoms with Gasteiger partial charge in [0.15, 0.2) is 11.6 Å². The second-order valence-electron chi connectivity index (χ2n) is 5.32. The molecule has 104 valence electrons. The number of benzene rings is 1. The van der Waals surface area contributed by atoms with Crippen molar-refractivity contribution in [3.63, 3.8) is 0 Å². The molecule has 0 unspecified atom stereocenters. The number of phenolic OH excluding ortho intramolecular Hbond substituents is 1. The van der Waals surface area contributed by atoms with E-state index in [1.807, 2.05) is 26.0 Å². The van der Waals surface area contributed by atoms with Crippen LogP contribution in [0.3, 0.4) is 0 Å². The standard InChI is InChI=1S/C15H20O4/c1-15(2)18-10-13(17)14(19-15)8-4-6-11-5-3-7-12(16)9-11/h3,5,7,9,14,16H,4,6,8,10H2,1-2H3/t14-/m0/s1. The van der Waals surface area contributed by atoms with Gasteiger partial charge in [-0.2, -0.15) is 0 Å². The lowest BCUT2D eigenvalue weighted by molar-refractivity contribution is -0.259. The van der Waals surface area contributed by atoms with E-state index in [0.717, 1.165) is 18.4 Å². The largest absolute Gasteiger partial charge is 0.508 e. The molecule has 0 amide bonds. The number of ether oxygens (including phenoxy) is 2. The number of hydrogen-bond acceptors (Lipinski definition) is 4. The molecular weight excluding hydrogens is 244 g/mol. The van der Waals surface area contributed by atoms with Crippen LogP contribution in [0.1, 0.15) is 32.3 Å². The zero-order valence-electron chi connectivity index (χ0n) is 11.4. The van der Waals surface area contributed by atoms with E-state index in [1.165, 1.54) is 0 Å². The van der Waals surface area contributed by atoms with Crippen LogP contribution in [0.2, 0.25) is 0 Å². The highest BCUT2D eigenvalue weighted by atomic mass is 16.7. The summed E-state index contributed by atoms with van der Waals surface area (Å²) in [5.41, 5.74) is 1.07. The zero-order valence-corrected chi connectivity index (χ0v) is 11.4. The maximum atomic E-state index is 11.7. The molecule has 0 aromatic heterocycles. The summed E-state index contributed by atoms with van der Waals surface area (Å²) in [6.45, 7) is 3.77. The number of Topliss-reactive ketones (excluding diaryl/α,β-unsaturated/α-hetero) is 1. The van der Waals surface area contributed by atoms with Crippen molar-refractivity contribution in [2.75, 3.05) is 6.61 Å². The molecule has 0 saturated carbocycles. The van der Waals surface area contributed by atoms with Crippen LogP contribution in [0.15, 0.2) is 24.3 Å². The van der Waals surface area contributed by atoms with Crippen LogP contribution < -0.4 is 0 Å². The van der Waals surface area contributed by atoms with Gasteiger partial charge in [0.2, 0.25) is 0 Å². The van der Waals surface area contributed by atoms with Crippen LogP contribution in [0.5, 0.6) is 5.75 Å². The average Bonchev–Trinajstić information content (AvgIpc) is 2.34. The first kappa shape index (κ1) is 14.0. The Morgan fingerprint density at radius 2 is 2.21 bits per heavy atom. The van der Waals surface area contributed by atoms with Crippen LogP contribution >= 0.6 is 0 Å². The number of carbonyl (C=O) groups is 1. The minimum absolute atomic E-state index is 0.00948. The summed E-state index contributed by atoms with van der Waals surface area (Å²) < 4.78 is 10.9. The van der Waals surface area contributed by atoms with E-state index >= 15 is 0 Å². The molecule has 1 N–H and O–H groups in total. The van der Waals surface area contributed by atoms with Crippen LogP contribution in [-0.4, -0.2) is 29.4 Å². The number of carbonyl (C=O) groups excluding carboxylic acids is 1. The number of aromatic hydroxyl groups is 1. The lowest BCUT2D eigenvalue weighted by Gasteiger charge is -2.35. The van der Waals surface area contributed by atoms with Crippen molar-refractivity contribution in [3.05, 3.63) is 29.8 Å². The molecule has 4 nitrogen and oxygen atoms in total. The summed E-state index contributed by atoms with van der Waals surface area (Å²) in [7, 11) is 0. The van der Waals surface area contributed by atoms with Crippen molar-refractivity contribution >= 4 is 5.78 Å². The highest BCUT2D eigenvalue weighted by molar-refractivity contribution is 5.84. The van der Waals surface area contributed by atoms with Crippen LogP contribution in [-0.2, 0) is 20.7 Å². The molecule has 1 atom stereocenters. The number of hydrogen-bond donors (Lipinski definition) is 1. The number of aryl methyl sites for hydroxylation is 1. The third-order valence-electron chi connectivity index (χ3n) is 3.19. The predicted octanol–water partition coefficient (Wildman–Crippen LogP) is 2.44. The van der Waals surface area contributed by atoms with Gasteiger partial charge in [-0.25, -0.2) is 0 Å². The molecule has 0 spiro atoms. The average molecular weight is 264 g/mol. The Bertz CT molecular complexity index is 453. The van der Waals surface area contributed by atoms with Crippen molar-refractivity contribution < 1.29 is 19.4 Å². The molecule has 4 heteroatoms. The summed E-state index contributed by atoms with van der Waals surface area (Å²) in [4.78, 5) is 11.7. The van der Waals surface area contributed by atoms with Crippen molar-refractivity contribution in [2.24, 2.45) is 0 Å². The maximum Gasteiger partial charge on any atom is 0.187 e. The summed E-state index contributed by atoms with van der Waals surface area (Å²) in [5.74, 6) is -0.392. The monoisotopic (exact) mass is 264 g/mol. The van der Waals surface area contributed by atoms with Gasteiger partial charge < -0.3 is 14.6 Å². The Morgan fingerprint density at radius 1 is 1.42 bits per heavy atom. The SMILES string of the molecule is CC1(C)OCC(=O)[C@H](CCCc2cccc(O)c2)O1. The number of ketones is 1. The van der Waals surface area contributed by atoms with Crippen molar-refractivity contribution in [1.82, 2.24) is 0 Å². The molecule has 19 heavy (non-hydrogen) atoms. The van der Waals surface area contributed by atoms with Crippen molar-refractivity contribution in [3.8, 4) is 5.75 Å². The number of phenols is 1. The lowest BCUT2D eigenvalue weighted by atomic mass is 10.0. The zero-order chi connectivity index (χ0) is 13.9. The molecule has 0 bridgehead atoms. The van der Waals surface area contributed by atoms with Gasteiger partial charge in [-0.15, -0.1) is 0 Å². The molecule has 2 rings (SSSR count). The van der Waals surface area contributed by atoms with E-state index in [2.05, 4.69) is 0 Å². The van der Waals surface area contributed by atoms with Crippen LogP contribution in [0, 0.1) is 0 Å². The smallest absolute Gasteiger partial charge is 0.187 e. The van der Waals surface area contributed by atoms with Gasteiger partial charge in [0.25, 0.3) is 0 Å². The first-order chi connectivity index (χ1) is 8.96. The van der Waals surface area contributed by atoms with Crippen LogP contribution in [0.25, 0.3) is 0 Å². The van der Waals surface area contributed by atoms with Gasteiger partial charge >= 0.3 is 0 Å². The highest BCUT2D eigenvalue weighted by Gasteiger charge is 2.34. The molecule has 1 aromatic carbocycles. The van der Waals surface area contributed by atoms with Gasteiger partial charge in [0.05, 0.1) is 0 Å². The van der Waals surface area contributed by atoms with E-state index in [-0.39, 0.29) is 24.2 Å². The first-order valence-electron chi connectivity index (χ1n) is 6.59. The maximum absolute atomic E-state index is 11.7. The third kappa shape index (κ3) is 4.04. The molecule has 0 radical (unpaired) electrons. The molecule has 1 fully saturated rings. The molecule has 1 aliphatic rings. The summed E-state index contributed by atoms with van der Waals surface area (Å²) in [6, 6.07) is 7.19. The minimum atomic E-state index is -0.677. The van der Waals surface area contributed by atoms with Gasteiger partial charge in [0.1, 0.15) is 18.5 Å². The summed E-state index contributed by atoms with van der Waals surface area (Å²) >= 11 is 0. The van der Waals surface area contributed by atoms with E-state index in [4.69, 9.17) is 9.47 Å². The molecule has 1 aliphatic heterocycles. The Hall–Kier alpha value is -1.39. The van der Waals surface area contributed by atoms with Gasteiger partial charge in [-0.05, 0) is 50.8 Å². The molecule has 1 aromatic rings. The molecular formula is C15H20O4. The van der Waals surface area contributed by atoms with Crippen molar-refractivity contribution in [2.45, 2.75) is 45.0 Å². The second-order valence-corrected chi connectivity index (χ2v) is 5.32. The fraction of sp³-hybridized carbons (Fsp3) is 0.533. The van der Waals surface area contributed by atoms with Gasteiger partial charge in [-0.1, -0.05) is 12.1 Å². The van der Waals surface area contributed by atoms with E-state index in [0.29, 0.717) is 6.42 Å². The molecule has 1 saturated heterocycles. The lowest BCUT2D eigenvalue weighted by Crippen LogP contribution is -2.46. The summed E-state index contributed by atoms with van der Waals surface area (Å²) in [5, 5.41) is 9.38. The molecule has 0 aliphatic carbocycles.